The Kier molecular flexibility index (Phi) is 5.99. The van der Waals surface area contributed by atoms with E-state index in [1.165, 1.54) is 19.2 Å². The zero-order chi connectivity index (χ0) is 27.1. The molecule has 4 aromatic carbocycles. The monoisotopic (exact) mass is 521 g/mol. The predicted octanol–water partition coefficient (Wildman–Crippen LogP) is 6.82. The maximum atomic E-state index is 14.5. The number of nitrogens with zero attached hydrogens (tertiary/aromatic N) is 1. The van der Waals surface area contributed by atoms with Crippen LogP contribution >= 0.6 is 0 Å². The van der Waals surface area contributed by atoms with Gasteiger partial charge >= 0.3 is 6.09 Å². The first kappa shape index (κ1) is 24.2. The van der Waals surface area contributed by atoms with Gasteiger partial charge in [0.15, 0.2) is 0 Å². The minimum atomic E-state index is -1.13. The van der Waals surface area contributed by atoms with Crippen molar-refractivity contribution in [2.24, 2.45) is 0 Å². The van der Waals surface area contributed by atoms with Crippen molar-refractivity contribution in [3.63, 3.8) is 0 Å². The highest BCUT2D eigenvalue weighted by atomic mass is 19.1. The molecular formula is C31H24FN3O4. The largest absolute Gasteiger partial charge is 0.496 e. The van der Waals surface area contributed by atoms with Crippen molar-refractivity contribution in [2.75, 3.05) is 12.4 Å². The van der Waals surface area contributed by atoms with Crippen molar-refractivity contribution in [2.45, 2.75) is 12.6 Å². The Morgan fingerprint density at radius 3 is 2.51 bits per heavy atom. The van der Waals surface area contributed by atoms with Gasteiger partial charge in [0.2, 0.25) is 0 Å². The first-order valence-electron chi connectivity index (χ1n) is 12.4. The molecule has 0 spiro atoms. The number of rotatable bonds is 6. The number of carbonyl (C=O) groups is 2. The summed E-state index contributed by atoms with van der Waals surface area (Å²) in [6.07, 6.45) is -1.13. The molecule has 2 heterocycles. The van der Waals surface area contributed by atoms with E-state index in [4.69, 9.17) is 9.84 Å². The van der Waals surface area contributed by atoms with E-state index in [-0.39, 0.29) is 5.91 Å². The molecule has 0 aliphatic carbocycles. The van der Waals surface area contributed by atoms with Crippen LogP contribution in [-0.4, -0.2) is 34.1 Å². The molecule has 0 radical (unpaired) electrons. The molecule has 6 rings (SSSR count). The number of para-hydroxylation sites is 1. The number of halogens is 1. The number of amides is 2. The van der Waals surface area contributed by atoms with Crippen molar-refractivity contribution in [1.29, 1.82) is 0 Å². The highest BCUT2D eigenvalue weighted by Gasteiger charge is 2.37. The van der Waals surface area contributed by atoms with Crippen molar-refractivity contribution in [3.05, 3.63) is 119 Å². The van der Waals surface area contributed by atoms with Gasteiger partial charge in [0, 0.05) is 34.6 Å². The number of benzene rings is 4. The van der Waals surface area contributed by atoms with Crippen molar-refractivity contribution in [1.82, 2.24) is 9.88 Å². The molecule has 3 N–H and O–H groups in total. The van der Waals surface area contributed by atoms with E-state index >= 15 is 0 Å². The predicted molar refractivity (Wildman–Crippen MR) is 146 cm³/mol. The summed E-state index contributed by atoms with van der Waals surface area (Å²) >= 11 is 0. The quantitative estimate of drug-likeness (QED) is 0.229. The zero-order valence-electron chi connectivity index (χ0n) is 20.9. The minimum Gasteiger partial charge on any atom is -0.496 e. The Bertz CT molecular complexity index is 1700. The standard InChI is InChI=1S/C31H24FN3O4/c1-39-28-13-10-22(32)16-25(28)29(27-15-20-4-2-3-5-26(20)34-27)35-17-21-7-6-19(14-24(21)30(35)36)18-8-11-23(12-9-18)33-31(37)38/h2-16,29,33-34H,17H2,1H3,(H,37,38). The minimum absolute atomic E-state index is 0.175. The van der Waals surface area contributed by atoms with Gasteiger partial charge in [-0.1, -0.05) is 42.5 Å². The molecule has 1 aliphatic rings. The highest BCUT2D eigenvalue weighted by Crippen LogP contribution is 2.41. The summed E-state index contributed by atoms with van der Waals surface area (Å²) in [5.41, 5.74) is 5.78. The van der Waals surface area contributed by atoms with E-state index in [9.17, 15) is 14.0 Å². The number of carbonyl (C=O) groups excluding carboxylic acids is 1. The molecule has 1 aliphatic heterocycles. The molecule has 1 aromatic heterocycles. The molecule has 0 saturated carbocycles. The summed E-state index contributed by atoms with van der Waals surface area (Å²) in [6.45, 7) is 0.343. The summed E-state index contributed by atoms with van der Waals surface area (Å²) in [4.78, 5) is 30.0. The maximum absolute atomic E-state index is 14.5. The van der Waals surface area contributed by atoms with Crippen LogP contribution in [0.2, 0.25) is 0 Å². The lowest BCUT2D eigenvalue weighted by Gasteiger charge is -2.29. The van der Waals surface area contributed by atoms with Crippen LogP contribution in [0.4, 0.5) is 14.9 Å². The average Bonchev–Trinajstić information content (AvgIpc) is 3.50. The van der Waals surface area contributed by atoms with Crippen LogP contribution in [0.1, 0.15) is 33.2 Å². The van der Waals surface area contributed by atoms with Gasteiger partial charge in [-0.05, 0) is 70.6 Å². The van der Waals surface area contributed by atoms with Crippen LogP contribution in [0.3, 0.4) is 0 Å². The van der Waals surface area contributed by atoms with Crippen molar-refractivity contribution in [3.8, 4) is 16.9 Å². The Hall–Kier alpha value is -5.11. The number of nitrogens with one attached hydrogen (secondary N) is 2. The van der Waals surface area contributed by atoms with E-state index in [1.54, 1.807) is 35.2 Å². The van der Waals surface area contributed by atoms with E-state index < -0.39 is 18.0 Å². The summed E-state index contributed by atoms with van der Waals surface area (Å²) in [6, 6.07) is 26.2. The molecule has 8 heteroatoms. The third-order valence-corrected chi connectivity index (χ3v) is 7.05. The second kappa shape index (κ2) is 9.64. The smallest absolute Gasteiger partial charge is 0.409 e. The number of fused-ring (bicyclic) bond motifs is 2. The summed E-state index contributed by atoms with van der Waals surface area (Å²) in [5, 5.41) is 12.2. The molecule has 1 unspecified atom stereocenters. The Labute approximate surface area is 223 Å². The molecule has 7 nitrogen and oxygen atoms in total. The number of hydrogen-bond acceptors (Lipinski definition) is 3. The molecule has 2 amide bonds. The topological polar surface area (TPSA) is 94.7 Å². The summed E-state index contributed by atoms with van der Waals surface area (Å²) in [7, 11) is 1.53. The van der Waals surface area contributed by atoms with E-state index in [0.717, 1.165) is 33.3 Å². The third-order valence-electron chi connectivity index (χ3n) is 7.05. The molecular weight excluding hydrogens is 497 g/mol. The number of aromatic nitrogens is 1. The van der Waals surface area contributed by atoms with Crippen LogP contribution in [0.5, 0.6) is 5.75 Å². The van der Waals surface area contributed by atoms with Gasteiger partial charge in [0.25, 0.3) is 5.91 Å². The van der Waals surface area contributed by atoms with E-state index in [0.29, 0.717) is 29.1 Å². The zero-order valence-corrected chi connectivity index (χ0v) is 20.9. The van der Waals surface area contributed by atoms with Gasteiger partial charge in [0.05, 0.1) is 7.11 Å². The molecule has 0 saturated heterocycles. The second-order valence-corrected chi connectivity index (χ2v) is 9.41. The number of aromatic amines is 1. The van der Waals surface area contributed by atoms with Crippen LogP contribution in [0.25, 0.3) is 22.0 Å². The molecule has 5 aromatic rings. The number of hydrogen-bond donors (Lipinski definition) is 3. The van der Waals surface area contributed by atoms with Gasteiger partial charge in [-0.25, -0.2) is 9.18 Å². The first-order chi connectivity index (χ1) is 18.9. The SMILES string of the molecule is COc1ccc(F)cc1C(c1cc2ccccc2[nH]1)N1Cc2ccc(-c3ccc(NC(=O)O)cc3)cc2C1=O. The lowest BCUT2D eigenvalue weighted by molar-refractivity contribution is 0.0726. The molecule has 39 heavy (non-hydrogen) atoms. The lowest BCUT2D eigenvalue weighted by atomic mass is 10.00. The Morgan fingerprint density at radius 2 is 1.77 bits per heavy atom. The van der Waals surface area contributed by atoms with Crippen molar-refractivity contribution >= 4 is 28.6 Å². The first-order valence-corrected chi connectivity index (χ1v) is 12.4. The van der Waals surface area contributed by atoms with E-state index in [2.05, 4.69) is 10.3 Å². The van der Waals surface area contributed by atoms with Crippen molar-refractivity contribution < 1.29 is 23.8 Å². The van der Waals surface area contributed by atoms with Crippen LogP contribution in [0, 0.1) is 5.82 Å². The number of carboxylic acid groups (broad SMARTS) is 1. The second-order valence-electron chi connectivity index (χ2n) is 9.41. The van der Waals surface area contributed by atoms with Gasteiger partial charge in [-0.3, -0.25) is 10.1 Å². The fourth-order valence-electron chi connectivity index (χ4n) is 5.25. The highest BCUT2D eigenvalue weighted by molar-refractivity contribution is 6.00. The summed E-state index contributed by atoms with van der Waals surface area (Å²) in [5.74, 6) is -0.107. The molecule has 0 fully saturated rings. The van der Waals surface area contributed by atoms with Crippen LogP contribution in [0.15, 0.2) is 91.0 Å². The third kappa shape index (κ3) is 4.46. The Morgan fingerprint density at radius 1 is 1.00 bits per heavy atom. The van der Waals surface area contributed by atoms with Gasteiger partial charge in [0.1, 0.15) is 17.6 Å². The number of H-pyrrole nitrogens is 1. The normalized spacial score (nSPS) is 13.4. The van der Waals surface area contributed by atoms with Gasteiger partial charge in [-0.15, -0.1) is 0 Å². The van der Waals surface area contributed by atoms with E-state index in [1.807, 2.05) is 48.5 Å². The molecule has 1 atom stereocenters. The number of anilines is 1. The fraction of sp³-hybridized carbons (Fsp3) is 0.0968. The van der Waals surface area contributed by atoms with Gasteiger partial charge < -0.3 is 19.7 Å². The average molecular weight is 522 g/mol. The summed E-state index contributed by atoms with van der Waals surface area (Å²) < 4.78 is 20.1. The lowest BCUT2D eigenvalue weighted by Crippen LogP contribution is -2.30. The maximum Gasteiger partial charge on any atom is 0.409 e. The van der Waals surface area contributed by atoms with Gasteiger partial charge in [-0.2, -0.15) is 0 Å². The van der Waals surface area contributed by atoms with Crippen LogP contribution < -0.4 is 10.1 Å². The number of methoxy groups -OCH3 is 1. The van der Waals surface area contributed by atoms with Crippen LogP contribution in [-0.2, 0) is 6.54 Å². The fourth-order valence-corrected chi connectivity index (χ4v) is 5.25. The number of ether oxygens (including phenoxy) is 1. The molecule has 194 valence electrons. The molecule has 0 bridgehead atoms. The Balaban J connectivity index is 1.40.